The molecule has 1 fully saturated rings. The maximum absolute atomic E-state index is 13.9. The Bertz CT molecular complexity index is 825. The molecule has 1 heterocycles. The van der Waals surface area contributed by atoms with E-state index in [-0.39, 0.29) is 4.31 Å². The quantitative estimate of drug-likeness (QED) is 0.477. The van der Waals surface area contributed by atoms with E-state index in [1.807, 2.05) is 0 Å². The molecule has 0 amide bonds. The summed E-state index contributed by atoms with van der Waals surface area (Å²) in [4.78, 5) is 19.3. The van der Waals surface area contributed by atoms with Gasteiger partial charge in [-0.2, -0.15) is 17.5 Å². The van der Waals surface area contributed by atoms with E-state index in [0.717, 1.165) is 6.07 Å². The lowest BCUT2D eigenvalue weighted by Gasteiger charge is -2.18. The molecule has 0 unspecified atom stereocenters. The molecule has 138 valence electrons. The van der Waals surface area contributed by atoms with Gasteiger partial charge in [-0.05, 0) is 6.07 Å². The molecule has 0 aromatic heterocycles. The molecule has 0 aliphatic carbocycles. The third-order valence-electron chi connectivity index (χ3n) is 3.76. The highest BCUT2D eigenvalue weighted by molar-refractivity contribution is 7.89. The first-order valence-electron chi connectivity index (χ1n) is 6.60. The molecule has 1 aliphatic rings. The van der Waals surface area contributed by atoms with Crippen LogP contribution >= 0.6 is 0 Å². The summed E-state index contributed by atoms with van der Waals surface area (Å²) in [5.74, 6) is -7.99. The number of sulfonamides is 1. The number of aliphatic carboxylic acids is 1. The van der Waals surface area contributed by atoms with E-state index in [9.17, 15) is 40.9 Å². The number of benzene rings is 1. The van der Waals surface area contributed by atoms with Crippen molar-refractivity contribution in [3.05, 3.63) is 34.1 Å². The SMILES string of the molecule is O=C(O)[C@@H]1CN(S(=O)(=O)c2c(F)cccc2[N+](=O)[O-])C[C@H]1C(F)(F)F. The molecular formula is C12H10F4N2O6S. The van der Waals surface area contributed by atoms with Crippen molar-refractivity contribution in [3.8, 4) is 0 Å². The second-order valence-corrected chi connectivity index (χ2v) is 7.13. The summed E-state index contributed by atoms with van der Waals surface area (Å²) >= 11 is 0. The van der Waals surface area contributed by atoms with Crippen LogP contribution in [-0.2, 0) is 14.8 Å². The van der Waals surface area contributed by atoms with Crippen molar-refractivity contribution in [1.29, 1.82) is 0 Å². The molecule has 2 rings (SSSR count). The van der Waals surface area contributed by atoms with Crippen molar-refractivity contribution < 1.29 is 40.8 Å². The second-order valence-electron chi connectivity index (χ2n) is 5.26. The molecule has 0 bridgehead atoms. The van der Waals surface area contributed by atoms with Crippen LogP contribution in [0.15, 0.2) is 23.1 Å². The van der Waals surface area contributed by atoms with Gasteiger partial charge in [0, 0.05) is 19.2 Å². The predicted molar refractivity (Wildman–Crippen MR) is 72.5 cm³/mol. The van der Waals surface area contributed by atoms with Crippen molar-refractivity contribution in [1.82, 2.24) is 4.31 Å². The van der Waals surface area contributed by atoms with Crippen LogP contribution in [0.3, 0.4) is 0 Å². The zero-order valence-corrected chi connectivity index (χ0v) is 12.9. The molecule has 8 nitrogen and oxygen atoms in total. The monoisotopic (exact) mass is 386 g/mol. The van der Waals surface area contributed by atoms with Crippen molar-refractivity contribution in [2.75, 3.05) is 13.1 Å². The number of hydrogen-bond acceptors (Lipinski definition) is 5. The van der Waals surface area contributed by atoms with E-state index in [4.69, 9.17) is 5.11 Å². The number of hydrogen-bond donors (Lipinski definition) is 1. The average molecular weight is 386 g/mol. The number of nitrogens with zero attached hydrogens (tertiary/aromatic N) is 2. The molecular weight excluding hydrogens is 376 g/mol. The predicted octanol–water partition coefficient (Wildman–Crippen LogP) is 1.62. The fraction of sp³-hybridized carbons (Fsp3) is 0.417. The molecule has 1 aliphatic heterocycles. The van der Waals surface area contributed by atoms with Gasteiger partial charge in [0.05, 0.1) is 16.8 Å². The van der Waals surface area contributed by atoms with Crippen LogP contribution in [0.2, 0.25) is 0 Å². The van der Waals surface area contributed by atoms with Gasteiger partial charge in [-0.1, -0.05) is 6.07 Å². The van der Waals surface area contributed by atoms with E-state index in [1.54, 1.807) is 0 Å². The third kappa shape index (κ3) is 3.42. The van der Waals surface area contributed by atoms with Gasteiger partial charge in [0.2, 0.25) is 0 Å². The lowest BCUT2D eigenvalue weighted by atomic mass is 9.96. The molecule has 0 radical (unpaired) electrons. The highest BCUT2D eigenvalue weighted by Gasteiger charge is 2.55. The van der Waals surface area contributed by atoms with Gasteiger partial charge in [0.25, 0.3) is 15.7 Å². The average Bonchev–Trinajstić information content (AvgIpc) is 2.92. The molecule has 1 aromatic rings. The smallest absolute Gasteiger partial charge is 0.393 e. The van der Waals surface area contributed by atoms with Crippen LogP contribution < -0.4 is 0 Å². The largest absolute Gasteiger partial charge is 0.481 e. The van der Waals surface area contributed by atoms with Crippen molar-refractivity contribution >= 4 is 21.7 Å². The van der Waals surface area contributed by atoms with Crippen LogP contribution in [0.1, 0.15) is 0 Å². The fourth-order valence-corrected chi connectivity index (χ4v) is 4.26. The molecule has 0 saturated carbocycles. The number of nitro benzene ring substituents is 1. The van der Waals surface area contributed by atoms with Gasteiger partial charge >= 0.3 is 12.1 Å². The van der Waals surface area contributed by atoms with Crippen molar-refractivity contribution in [3.63, 3.8) is 0 Å². The maximum atomic E-state index is 13.9. The molecule has 25 heavy (non-hydrogen) atoms. The van der Waals surface area contributed by atoms with Gasteiger partial charge in [-0.3, -0.25) is 14.9 Å². The van der Waals surface area contributed by atoms with E-state index < -0.39 is 68.4 Å². The summed E-state index contributed by atoms with van der Waals surface area (Å²) in [5, 5.41) is 19.8. The summed E-state index contributed by atoms with van der Waals surface area (Å²) in [6.07, 6.45) is -5.01. The van der Waals surface area contributed by atoms with Gasteiger partial charge in [0.15, 0.2) is 4.90 Å². The zero-order chi connectivity index (χ0) is 19.2. The van der Waals surface area contributed by atoms with Crippen LogP contribution in [0, 0.1) is 27.8 Å². The molecule has 13 heteroatoms. The van der Waals surface area contributed by atoms with E-state index >= 15 is 0 Å². The summed E-state index contributed by atoms with van der Waals surface area (Å²) in [6, 6.07) is 2.16. The summed E-state index contributed by atoms with van der Waals surface area (Å²) in [5.41, 5.74) is -1.15. The number of carbonyl (C=O) groups is 1. The normalized spacial score (nSPS) is 22.1. The molecule has 2 atom stereocenters. The minimum Gasteiger partial charge on any atom is -0.481 e. The van der Waals surface area contributed by atoms with Crippen LogP contribution in [0.5, 0.6) is 0 Å². The topological polar surface area (TPSA) is 118 Å². The Kier molecular flexibility index (Phi) is 4.74. The Labute approximate surface area is 137 Å². The number of nitro groups is 1. The highest BCUT2D eigenvalue weighted by Crippen LogP contribution is 2.41. The third-order valence-corrected chi connectivity index (χ3v) is 5.66. The van der Waals surface area contributed by atoms with Gasteiger partial charge in [-0.25, -0.2) is 12.8 Å². The lowest BCUT2D eigenvalue weighted by Crippen LogP contribution is -2.34. The Morgan fingerprint density at radius 2 is 1.92 bits per heavy atom. The van der Waals surface area contributed by atoms with Crippen LogP contribution in [0.4, 0.5) is 23.2 Å². The van der Waals surface area contributed by atoms with Gasteiger partial charge in [0.1, 0.15) is 5.82 Å². The molecule has 1 N–H and O–H groups in total. The van der Waals surface area contributed by atoms with Gasteiger partial charge in [-0.15, -0.1) is 0 Å². The number of carboxylic acids is 1. The fourth-order valence-electron chi connectivity index (χ4n) is 2.57. The van der Waals surface area contributed by atoms with Crippen LogP contribution in [0.25, 0.3) is 0 Å². The van der Waals surface area contributed by atoms with Crippen molar-refractivity contribution in [2.45, 2.75) is 11.1 Å². The highest BCUT2D eigenvalue weighted by atomic mass is 32.2. The standard InChI is InChI=1S/C12H10F4N2O6S/c13-8-2-1-3-9(18(21)22)10(8)25(23,24)17-4-6(11(19)20)7(5-17)12(14,15)16/h1-3,6-7H,4-5H2,(H,19,20)/t6-,7-/m1/s1. The summed E-state index contributed by atoms with van der Waals surface area (Å²) in [6.45, 7) is -2.35. The number of alkyl halides is 3. The van der Waals surface area contributed by atoms with Gasteiger partial charge < -0.3 is 5.11 Å². The first-order chi connectivity index (χ1) is 11.4. The Balaban J connectivity index is 2.53. The summed E-state index contributed by atoms with van der Waals surface area (Å²) in [7, 11) is -5.05. The number of rotatable bonds is 4. The first kappa shape index (κ1) is 19.1. The Morgan fingerprint density at radius 3 is 2.36 bits per heavy atom. The lowest BCUT2D eigenvalue weighted by molar-refractivity contribution is -0.388. The zero-order valence-electron chi connectivity index (χ0n) is 12.1. The Hall–Kier alpha value is -2.28. The molecule has 1 aromatic carbocycles. The molecule has 1 saturated heterocycles. The second kappa shape index (κ2) is 6.22. The minimum atomic E-state index is -5.05. The van der Waals surface area contributed by atoms with E-state index in [2.05, 4.69) is 0 Å². The van der Waals surface area contributed by atoms with Crippen LogP contribution in [-0.4, -0.2) is 48.0 Å². The number of carboxylic acid groups (broad SMARTS) is 1. The minimum absolute atomic E-state index is 0.107. The first-order valence-corrected chi connectivity index (χ1v) is 8.04. The molecule has 0 spiro atoms. The Morgan fingerprint density at radius 1 is 1.32 bits per heavy atom. The van der Waals surface area contributed by atoms with Crippen molar-refractivity contribution in [2.24, 2.45) is 11.8 Å². The maximum Gasteiger partial charge on any atom is 0.393 e. The van der Waals surface area contributed by atoms with E-state index in [0.29, 0.717) is 12.1 Å². The number of halogens is 4. The summed E-state index contributed by atoms with van der Waals surface area (Å²) < 4.78 is 77.8. The van der Waals surface area contributed by atoms with E-state index in [1.165, 1.54) is 0 Å².